The lowest BCUT2D eigenvalue weighted by Crippen LogP contribution is -2.30. The van der Waals surface area contributed by atoms with E-state index in [9.17, 15) is 13.6 Å². The van der Waals surface area contributed by atoms with Gasteiger partial charge < -0.3 is 5.11 Å². The van der Waals surface area contributed by atoms with E-state index in [0.717, 1.165) is 31.2 Å². The van der Waals surface area contributed by atoms with E-state index in [1.54, 1.807) is 6.07 Å². The van der Waals surface area contributed by atoms with Gasteiger partial charge in [-0.2, -0.15) is 0 Å². The molecule has 150 valence electrons. The number of hydrogen-bond acceptors (Lipinski definition) is 1. The summed E-state index contributed by atoms with van der Waals surface area (Å²) in [6.45, 7) is 2.24. The van der Waals surface area contributed by atoms with Crippen LogP contribution in [0.15, 0.2) is 18.2 Å². The lowest BCUT2D eigenvalue weighted by atomic mass is 9.63. The zero-order valence-corrected chi connectivity index (χ0v) is 16.0. The molecule has 2 aromatic rings. The van der Waals surface area contributed by atoms with Crippen LogP contribution >= 0.6 is 0 Å². The fourth-order valence-electron chi connectivity index (χ4n) is 5.51. The number of rotatable bonds is 3. The molecule has 1 N–H and O–H groups in total. The number of halogens is 3. The smallest absolute Gasteiger partial charge is 0.338 e. The van der Waals surface area contributed by atoms with Crippen LogP contribution in [0.3, 0.4) is 0 Å². The summed E-state index contributed by atoms with van der Waals surface area (Å²) in [4.78, 5) is 11.1. The quantitative estimate of drug-likeness (QED) is 0.636. The molecular weight excluding hydrogens is 365 g/mol. The van der Waals surface area contributed by atoms with Crippen LogP contribution in [0.5, 0.6) is 0 Å². The Morgan fingerprint density at radius 1 is 1.00 bits per heavy atom. The number of aromatic carboxylic acids is 1. The molecule has 2 saturated carbocycles. The summed E-state index contributed by atoms with van der Waals surface area (Å²) in [6, 6.07) is 4.15. The van der Waals surface area contributed by atoms with Gasteiger partial charge in [-0.3, -0.25) is 0 Å². The molecule has 4 atom stereocenters. The molecule has 2 fully saturated rings. The second-order valence-corrected chi connectivity index (χ2v) is 8.54. The van der Waals surface area contributed by atoms with Crippen molar-refractivity contribution in [1.29, 1.82) is 0 Å². The number of benzene rings is 2. The molecule has 0 heterocycles. The van der Waals surface area contributed by atoms with Crippen LogP contribution in [0.25, 0.3) is 10.8 Å². The monoisotopic (exact) mass is 390 g/mol. The third-order valence-electron chi connectivity index (χ3n) is 7.12. The van der Waals surface area contributed by atoms with Gasteiger partial charge >= 0.3 is 5.97 Å². The van der Waals surface area contributed by atoms with Gasteiger partial charge in [0.1, 0.15) is 5.82 Å². The van der Waals surface area contributed by atoms with Crippen molar-refractivity contribution < 1.29 is 23.1 Å². The van der Waals surface area contributed by atoms with Gasteiger partial charge in [0.2, 0.25) is 0 Å². The Labute approximate surface area is 162 Å². The van der Waals surface area contributed by atoms with E-state index in [2.05, 4.69) is 6.92 Å². The fourth-order valence-corrected chi connectivity index (χ4v) is 5.51. The van der Waals surface area contributed by atoms with E-state index in [4.69, 9.17) is 5.11 Å². The molecule has 0 spiro atoms. The summed E-state index contributed by atoms with van der Waals surface area (Å²) in [6.07, 6.45) is 7.67. The zero-order valence-electron chi connectivity index (χ0n) is 16.0. The number of carboxylic acids is 1. The Balaban J connectivity index is 1.67. The molecular formula is C23H25F3O2. The van der Waals surface area contributed by atoms with Crippen LogP contribution in [0.4, 0.5) is 13.2 Å². The minimum absolute atomic E-state index is 0.00504. The van der Waals surface area contributed by atoms with Gasteiger partial charge in [-0.15, -0.1) is 0 Å². The minimum atomic E-state index is -1.57. The number of carboxylic acid groups (broad SMARTS) is 1. The highest BCUT2D eigenvalue weighted by Gasteiger charge is 2.36. The summed E-state index contributed by atoms with van der Waals surface area (Å²) in [5.74, 6) is -3.14. The summed E-state index contributed by atoms with van der Waals surface area (Å²) in [5.41, 5.74) is -0.338. The molecule has 28 heavy (non-hydrogen) atoms. The zero-order chi connectivity index (χ0) is 20.0. The molecule has 0 bridgehead atoms. The molecule has 4 unspecified atom stereocenters. The predicted molar refractivity (Wildman–Crippen MR) is 102 cm³/mol. The molecule has 2 aromatic carbocycles. The van der Waals surface area contributed by atoms with Crippen molar-refractivity contribution in [3.8, 4) is 0 Å². The highest BCUT2D eigenvalue weighted by Crippen LogP contribution is 2.49. The van der Waals surface area contributed by atoms with E-state index in [1.165, 1.54) is 31.7 Å². The van der Waals surface area contributed by atoms with Crippen LogP contribution in [0.2, 0.25) is 0 Å². The Kier molecular flexibility index (Phi) is 5.11. The third-order valence-corrected chi connectivity index (χ3v) is 7.12. The summed E-state index contributed by atoms with van der Waals surface area (Å²) in [7, 11) is 0. The van der Waals surface area contributed by atoms with Gasteiger partial charge in [-0.05, 0) is 72.8 Å². The first kappa shape index (κ1) is 19.3. The van der Waals surface area contributed by atoms with Crippen molar-refractivity contribution in [3.05, 3.63) is 46.8 Å². The average molecular weight is 390 g/mol. The van der Waals surface area contributed by atoms with Crippen LogP contribution in [-0.4, -0.2) is 11.1 Å². The maximum absolute atomic E-state index is 15.2. The maximum atomic E-state index is 15.2. The molecule has 0 aromatic heterocycles. The predicted octanol–water partition coefficient (Wildman–Crippen LogP) is 6.67. The van der Waals surface area contributed by atoms with Gasteiger partial charge in [0.25, 0.3) is 0 Å². The Bertz CT molecular complexity index is 924. The fraction of sp³-hybridized carbons (Fsp3) is 0.522. The van der Waals surface area contributed by atoms with Crippen LogP contribution in [-0.2, 0) is 0 Å². The normalized spacial score (nSPS) is 27.6. The SMILES string of the molecule is CCC1CCC2CC(c3ccc4cc(C(=O)O)c(F)c(F)c4c3F)CCC2C1. The highest BCUT2D eigenvalue weighted by atomic mass is 19.2. The van der Waals surface area contributed by atoms with Crippen molar-refractivity contribution >= 4 is 16.7 Å². The lowest BCUT2D eigenvalue weighted by molar-refractivity contribution is 0.0691. The molecule has 0 saturated heterocycles. The molecule has 2 aliphatic carbocycles. The third kappa shape index (κ3) is 3.19. The maximum Gasteiger partial charge on any atom is 0.338 e. The van der Waals surface area contributed by atoms with E-state index in [-0.39, 0.29) is 11.3 Å². The van der Waals surface area contributed by atoms with Crippen molar-refractivity contribution in [2.45, 2.75) is 57.8 Å². The van der Waals surface area contributed by atoms with Crippen LogP contribution in [0.1, 0.15) is 73.7 Å². The van der Waals surface area contributed by atoms with E-state index >= 15 is 4.39 Å². The largest absolute Gasteiger partial charge is 0.478 e. The Morgan fingerprint density at radius 3 is 2.43 bits per heavy atom. The van der Waals surface area contributed by atoms with Gasteiger partial charge in [0.05, 0.1) is 10.9 Å². The number of fused-ring (bicyclic) bond motifs is 2. The highest BCUT2D eigenvalue weighted by molar-refractivity contribution is 5.95. The molecule has 4 rings (SSSR count). The first-order valence-corrected chi connectivity index (χ1v) is 10.2. The number of carbonyl (C=O) groups is 1. The van der Waals surface area contributed by atoms with Gasteiger partial charge in [-0.1, -0.05) is 31.9 Å². The van der Waals surface area contributed by atoms with Gasteiger partial charge in [0, 0.05) is 0 Å². The topological polar surface area (TPSA) is 37.3 Å². The first-order valence-electron chi connectivity index (χ1n) is 10.2. The average Bonchev–Trinajstić information content (AvgIpc) is 2.69. The first-order chi connectivity index (χ1) is 13.4. The van der Waals surface area contributed by atoms with Crippen molar-refractivity contribution in [3.63, 3.8) is 0 Å². The van der Waals surface area contributed by atoms with E-state index < -0.39 is 34.4 Å². The molecule has 0 aliphatic heterocycles. The molecule has 2 aliphatic rings. The molecule has 0 amide bonds. The summed E-state index contributed by atoms with van der Waals surface area (Å²) >= 11 is 0. The lowest BCUT2D eigenvalue weighted by Gasteiger charge is -2.42. The van der Waals surface area contributed by atoms with Gasteiger partial charge in [0.15, 0.2) is 11.6 Å². The second-order valence-electron chi connectivity index (χ2n) is 8.54. The molecule has 2 nitrogen and oxygen atoms in total. The van der Waals surface area contributed by atoms with E-state index in [0.29, 0.717) is 17.4 Å². The van der Waals surface area contributed by atoms with Crippen molar-refractivity contribution in [2.24, 2.45) is 17.8 Å². The second kappa shape index (κ2) is 7.41. The molecule has 5 heteroatoms. The van der Waals surface area contributed by atoms with Crippen molar-refractivity contribution in [2.75, 3.05) is 0 Å². The van der Waals surface area contributed by atoms with Crippen LogP contribution in [0, 0.1) is 35.2 Å². The number of hydrogen-bond donors (Lipinski definition) is 1. The van der Waals surface area contributed by atoms with Crippen molar-refractivity contribution in [1.82, 2.24) is 0 Å². The Morgan fingerprint density at radius 2 is 1.71 bits per heavy atom. The summed E-state index contributed by atoms with van der Waals surface area (Å²) in [5, 5.41) is 8.67. The minimum Gasteiger partial charge on any atom is -0.478 e. The van der Waals surface area contributed by atoms with Gasteiger partial charge in [-0.25, -0.2) is 18.0 Å². The molecule has 0 radical (unpaired) electrons. The Hall–Kier alpha value is -2.04. The van der Waals surface area contributed by atoms with E-state index in [1.807, 2.05) is 0 Å². The summed E-state index contributed by atoms with van der Waals surface area (Å²) < 4.78 is 43.8. The standard InChI is InChI=1S/C23H25F3O2/c1-2-12-3-4-14-10-15(6-5-13(14)9-12)17-8-7-16-11-18(23(27)28)21(25)22(26)19(16)20(17)24/h7-8,11-15H,2-6,9-10H2,1H3,(H,27,28). The van der Waals surface area contributed by atoms with Crippen LogP contribution < -0.4 is 0 Å².